The van der Waals surface area contributed by atoms with E-state index in [0.29, 0.717) is 11.1 Å². The van der Waals surface area contributed by atoms with Crippen LogP contribution in [0.1, 0.15) is 56.2 Å². The summed E-state index contributed by atoms with van der Waals surface area (Å²) >= 11 is 0. The van der Waals surface area contributed by atoms with E-state index in [-0.39, 0.29) is 36.0 Å². The van der Waals surface area contributed by atoms with Gasteiger partial charge in [0.25, 0.3) is 5.91 Å². The molecule has 0 bridgehead atoms. The van der Waals surface area contributed by atoms with E-state index in [1.54, 1.807) is 38.1 Å². The van der Waals surface area contributed by atoms with Crippen LogP contribution in [0.5, 0.6) is 0 Å². The number of ether oxygens (including phenoxy) is 3. The molecule has 0 saturated heterocycles. The van der Waals surface area contributed by atoms with Crippen LogP contribution in [0.3, 0.4) is 0 Å². The molecule has 9 nitrogen and oxygen atoms in total. The van der Waals surface area contributed by atoms with Gasteiger partial charge >= 0.3 is 17.9 Å². The Labute approximate surface area is 179 Å². The molecule has 1 N–H and O–H groups in total. The second kappa shape index (κ2) is 10.8. The number of nitrogens with one attached hydrogen (secondary N) is 1. The third-order valence-corrected chi connectivity index (χ3v) is 4.04. The molecule has 2 rings (SSSR count). The van der Waals surface area contributed by atoms with E-state index in [4.69, 9.17) is 13.9 Å². The predicted octanol–water partition coefficient (Wildman–Crippen LogP) is 3.38. The zero-order chi connectivity index (χ0) is 23.0. The second-order valence-electron chi connectivity index (χ2n) is 6.11. The van der Waals surface area contributed by atoms with Crippen LogP contribution in [-0.2, 0) is 19.0 Å². The first kappa shape index (κ1) is 23.4. The van der Waals surface area contributed by atoms with E-state index in [1.807, 2.05) is 0 Å². The van der Waals surface area contributed by atoms with Gasteiger partial charge in [0.15, 0.2) is 0 Å². The summed E-state index contributed by atoms with van der Waals surface area (Å²) < 4.78 is 20.0. The molecule has 1 aromatic carbocycles. The van der Waals surface area contributed by atoms with Crippen LogP contribution in [-0.4, -0.2) is 44.1 Å². The normalized spacial score (nSPS) is 10.6. The number of hydrogen-bond acceptors (Lipinski definition) is 8. The summed E-state index contributed by atoms with van der Waals surface area (Å²) in [5, 5.41) is 2.44. The van der Waals surface area contributed by atoms with E-state index >= 15 is 0 Å². The average molecular weight is 429 g/mol. The maximum Gasteiger partial charge on any atom is 0.344 e. The predicted molar refractivity (Wildman–Crippen MR) is 111 cm³/mol. The van der Waals surface area contributed by atoms with Gasteiger partial charge in [0.1, 0.15) is 16.9 Å². The largest absolute Gasteiger partial charge is 0.465 e. The Hall–Kier alpha value is -3.88. The monoisotopic (exact) mass is 429 g/mol. The molecule has 0 aliphatic heterocycles. The first-order chi connectivity index (χ1) is 14.8. The number of carbonyl (C=O) groups is 4. The van der Waals surface area contributed by atoms with Crippen molar-refractivity contribution in [2.24, 2.45) is 0 Å². The minimum absolute atomic E-state index is 0.0696. The lowest BCUT2D eigenvalue weighted by Crippen LogP contribution is -2.16. The average Bonchev–Trinajstić information content (AvgIpc) is 3.08. The molecule has 0 unspecified atom stereocenters. The fraction of sp³-hybridized carbons (Fsp3) is 0.273. The standard InChI is InChI=1S/C22H23NO8/c1-5-29-21(26)17-13(3)31-19(18(17)22(27)30-6-2)23-16(24)12-9-14-7-10-15(11-8-14)20(25)28-4/h7-12H,5-6H2,1-4H3,(H,23,24)/b12-9+. The molecule has 31 heavy (non-hydrogen) atoms. The number of furan rings is 1. The van der Waals surface area contributed by atoms with Crippen molar-refractivity contribution in [3.05, 3.63) is 58.4 Å². The fourth-order valence-electron chi connectivity index (χ4n) is 2.65. The molecule has 1 aromatic heterocycles. The van der Waals surface area contributed by atoms with Crippen molar-refractivity contribution in [2.45, 2.75) is 20.8 Å². The van der Waals surface area contributed by atoms with Gasteiger partial charge in [-0.2, -0.15) is 0 Å². The van der Waals surface area contributed by atoms with Crippen LogP contribution in [0.25, 0.3) is 6.08 Å². The Bertz CT molecular complexity index is 1000. The highest BCUT2D eigenvalue weighted by atomic mass is 16.5. The summed E-state index contributed by atoms with van der Waals surface area (Å²) in [4.78, 5) is 48.5. The summed E-state index contributed by atoms with van der Waals surface area (Å²) in [6, 6.07) is 6.39. The Kier molecular flexibility index (Phi) is 8.13. The summed E-state index contributed by atoms with van der Waals surface area (Å²) in [7, 11) is 1.29. The Morgan fingerprint density at radius 1 is 0.935 bits per heavy atom. The third kappa shape index (κ3) is 5.81. The zero-order valence-corrected chi connectivity index (χ0v) is 17.6. The first-order valence-electron chi connectivity index (χ1n) is 9.47. The molecule has 0 saturated carbocycles. The van der Waals surface area contributed by atoms with E-state index < -0.39 is 23.8 Å². The number of aryl methyl sites for hydroxylation is 1. The molecule has 9 heteroatoms. The summed E-state index contributed by atoms with van der Waals surface area (Å²) in [6.07, 6.45) is 2.71. The van der Waals surface area contributed by atoms with Crippen molar-refractivity contribution in [1.82, 2.24) is 0 Å². The molecule has 0 aliphatic rings. The Balaban J connectivity index is 2.24. The smallest absolute Gasteiger partial charge is 0.344 e. The zero-order valence-electron chi connectivity index (χ0n) is 17.6. The molecular formula is C22H23NO8. The van der Waals surface area contributed by atoms with Gasteiger partial charge in [-0.1, -0.05) is 12.1 Å². The second-order valence-corrected chi connectivity index (χ2v) is 6.11. The fourth-order valence-corrected chi connectivity index (χ4v) is 2.65. The minimum atomic E-state index is -0.819. The van der Waals surface area contributed by atoms with Gasteiger partial charge in [-0.3, -0.25) is 10.1 Å². The van der Waals surface area contributed by atoms with Crippen molar-refractivity contribution in [1.29, 1.82) is 0 Å². The topological polar surface area (TPSA) is 121 Å². The minimum Gasteiger partial charge on any atom is -0.465 e. The van der Waals surface area contributed by atoms with Gasteiger partial charge in [0.2, 0.25) is 5.88 Å². The maximum atomic E-state index is 12.4. The van der Waals surface area contributed by atoms with Crippen LogP contribution >= 0.6 is 0 Å². The highest BCUT2D eigenvalue weighted by Crippen LogP contribution is 2.29. The highest BCUT2D eigenvalue weighted by Gasteiger charge is 2.31. The molecule has 0 atom stereocenters. The van der Waals surface area contributed by atoms with Crippen molar-refractivity contribution in [2.75, 3.05) is 25.6 Å². The van der Waals surface area contributed by atoms with Gasteiger partial charge in [-0.15, -0.1) is 0 Å². The molecule has 0 radical (unpaired) electrons. The van der Waals surface area contributed by atoms with E-state index in [9.17, 15) is 19.2 Å². The van der Waals surface area contributed by atoms with Crippen molar-refractivity contribution in [3.8, 4) is 0 Å². The molecular weight excluding hydrogens is 406 g/mol. The van der Waals surface area contributed by atoms with Gasteiger partial charge < -0.3 is 18.6 Å². The van der Waals surface area contributed by atoms with Gasteiger partial charge in [-0.25, -0.2) is 14.4 Å². The number of methoxy groups -OCH3 is 1. The van der Waals surface area contributed by atoms with E-state index in [2.05, 4.69) is 10.1 Å². The van der Waals surface area contributed by atoms with Crippen LogP contribution < -0.4 is 5.32 Å². The first-order valence-corrected chi connectivity index (χ1v) is 9.47. The van der Waals surface area contributed by atoms with Crippen LogP contribution in [0.2, 0.25) is 0 Å². The van der Waals surface area contributed by atoms with Crippen molar-refractivity contribution >= 4 is 35.8 Å². The molecule has 0 aliphatic carbocycles. The van der Waals surface area contributed by atoms with Gasteiger partial charge in [0, 0.05) is 6.08 Å². The van der Waals surface area contributed by atoms with E-state index in [1.165, 1.54) is 26.2 Å². The SMILES string of the molecule is CCOC(=O)c1c(C)oc(NC(=O)/C=C/c2ccc(C(=O)OC)cc2)c1C(=O)OCC. The summed E-state index contributed by atoms with van der Waals surface area (Å²) in [5.41, 5.74) is 0.719. The number of hydrogen-bond donors (Lipinski definition) is 1. The van der Waals surface area contributed by atoms with Crippen LogP contribution in [0.4, 0.5) is 5.88 Å². The lowest BCUT2D eigenvalue weighted by atomic mass is 10.1. The lowest BCUT2D eigenvalue weighted by Gasteiger charge is -2.06. The van der Waals surface area contributed by atoms with Crippen molar-refractivity contribution in [3.63, 3.8) is 0 Å². The summed E-state index contributed by atoms with van der Waals surface area (Å²) in [6.45, 7) is 4.89. The van der Waals surface area contributed by atoms with Gasteiger partial charge in [0.05, 0.1) is 25.9 Å². The Morgan fingerprint density at radius 3 is 2.06 bits per heavy atom. The number of benzene rings is 1. The van der Waals surface area contributed by atoms with Crippen LogP contribution in [0, 0.1) is 6.92 Å². The third-order valence-electron chi connectivity index (χ3n) is 4.04. The number of carbonyl (C=O) groups excluding carboxylic acids is 4. The quantitative estimate of drug-likeness (QED) is 0.385. The molecule has 0 spiro atoms. The highest BCUT2D eigenvalue weighted by molar-refractivity contribution is 6.11. The molecule has 164 valence electrons. The number of esters is 3. The molecule has 1 heterocycles. The molecule has 2 aromatic rings. The van der Waals surface area contributed by atoms with Crippen LogP contribution in [0.15, 0.2) is 34.8 Å². The van der Waals surface area contributed by atoms with Crippen molar-refractivity contribution < 1.29 is 37.8 Å². The maximum absolute atomic E-state index is 12.4. The Morgan fingerprint density at radius 2 is 1.52 bits per heavy atom. The molecule has 1 amide bonds. The van der Waals surface area contributed by atoms with Gasteiger partial charge in [-0.05, 0) is 44.5 Å². The number of rotatable bonds is 8. The lowest BCUT2D eigenvalue weighted by molar-refractivity contribution is -0.112. The number of amides is 1. The number of anilines is 1. The molecule has 0 fully saturated rings. The van der Waals surface area contributed by atoms with E-state index in [0.717, 1.165) is 0 Å². The summed E-state index contributed by atoms with van der Waals surface area (Å²) in [5.74, 6) is -2.75.